The van der Waals surface area contributed by atoms with Crippen molar-refractivity contribution in [2.45, 2.75) is 52.1 Å². The molecule has 8 heteroatoms. The quantitative estimate of drug-likeness (QED) is 0.382. The molecule has 0 aliphatic carbocycles. The number of carbonyl (C=O) groups is 2. The molecular weight excluding hydrogens is 304 g/mol. The Labute approximate surface area is 133 Å². The molecule has 1 aromatic heterocycles. The molecule has 1 N–H and O–H groups in total. The van der Waals surface area contributed by atoms with Gasteiger partial charge in [0.15, 0.2) is 5.41 Å². The third-order valence-corrected chi connectivity index (χ3v) is 3.39. The summed E-state index contributed by atoms with van der Waals surface area (Å²) in [6, 6.07) is 1.15. The van der Waals surface area contributed by atoms with E-state index in [4.69, 9.17) is 4.74 Å². The molecule has 0 aliphatic rings. The first-order valence-corrected chi connectivity index (χ1v) is 7.04. The summed E-state index contributed by atoms with van der Waals surface area (Å²) in [6.45, 7) is 7.94. The zero-order valence-corrected chi connectivity index (χ0v) is 13.7. The summed E-state index contributed by atoms with van der Waals surface area (Å²) < 4.78 is 5.26. The Morgan fingerprint density at radius 1 is 1.39 bits per heavy atom. The van der Waals surface area contributed by atoms with Gasteiger partial charge in [-0.15, -0.1) is 0 Å². The van der Waals surface area contributed by atoms with E-state index in [1.165, 1.54) is 6.92 Å². The Hall–Kier alpha value is -2.51. The number of nitrogens with zero attached hydrogens (tertiary/aromatic N) is 2. The molecule has 1 aromatic rings. The van der Waals surface area contributed by atoms with Crippen LogP contribution in [0.2, 0.25) is 0 Å². The first kappa shape index (κ1) is 18.5. The smallest absolute Gasteiger partial charge is 0.363 e. The van der Waals surface area contributed by atoms with Gasteiger partial charge in [-0.2, -0.15) is 0 Å². The van der Waals surface area contributed by atoms with Gasteiger partial charge in [0.25, 0.3) is 0 Å². The number of carboxylic acids is 1. The molecule has 1 heterocycles. The van der Waals surface area contributed by atoms with Crippen LogP contribution in [0.25, 0.3) is 0 Å². The summed E-state index contributed by atoms with van der Waals surface area (Å²) in [4.78, 5) is 38.2. The molecule has 0 spiro atoms. The lowest BCUT2D eigenvalue weighted by Crippen LogP contribution is -2.47. The van der Waals surface area contributed by atoms with Gasteiger partial charge in [0.05, 0.1) is 0 Å². The van der Waals surface area contributed by atoms with Gasteiger partial charge in [0, 0.05) is 11.6 Å². The lowest BCUT2D eigenvalue weighted by molar-refractivity contribution is -0.389. The fraction of sp³-hybridized carbons (Fsp3) is 0.533. The average molecular weight is 324 g/mol. The molecule has 126 valence electrons. The van der Waals surface area contributed by atoms with E-state index >= 15 is 0 Å². The van der Waals surface area contributed by atoms with Crippen molar-refractivity contribution in [3.8, 4) is 0 Å². The zero-order chi connectivity index (χ0) is 18.0. The Bertz CT molecular complexity index is 650. The van der Waals surface area contributed by atoms with E-state index in [0.29, 0.717) is 5.56 Å². The maximum Gasteiger partial charge on any atom is 0.363 e. The second kappa shape index (κ2) is 6.31. The van der Waals surface area contributed by atoms with Crippen molar-refractivity contribution in [1.82, 2.24) is 4.98 Å². The van der Waals surface area contributed by atoms with Crippen molar-refractivity contribution >= 4 is 17.8 Å². The van der Waals surface area contributed by atoms with Gasteiger partial charge in [0.1, 0.15) is 11.8 Å². The van der Waals surface area contributed by atoms with E-state index in [1.807, 2.05) is 0 Å². The summed E-state index contributed by atoms with van der Waals surface area (Å²) in [5, 5.41) is 20.5. The molecule has 0 aliphatic heterocycles. The first-order chi connectivity index (χ1) is 10.5. The van der Waals surface area contributed by atoms with Crippen LogP contribution in [0.3, 0.4) is 0 Å². The van der Waals surface area contributed by atoms with Crippen LogP contribution in [0, 0.1) is 17.0 Å². The molecule has 0 saturated carbocycles. The number of rotatable bonds is 5. The van der Waals surface area contributed by atoms with Crippen molar-refractivity contribution in [1.29, 1.82) is 0 Å². The standard InChI is InChI=1S/C15H20N2O6/c1-6-15(12(18)19,13(20)23-14(3,4)5)10-8-16-11(17(21)22)7-9(10)2/h7-8H,6H2,1-5H3,(H,18,19). The van der Waals surface area contributed by atoms with Gasteiger partial charge >= 0.3 is 17.8 Å². The molecule has 8 nitrogen and oxygen atoms in total. The van der Waals surface area contributed by atoms with Crippen molar-refractivity contribution in [3.05, 3.63) is 33.5 Å². The van der Waals surface area contributed by atoms with Crippen LogP contribution < -0.4 is 0 Å². The van der Waals surface area contributed by atoms with Crippen LogP contribution in [0.5, 0.6) is 0 Å². The number of aryl methyl sites for hydroxylation is 1. The van der Waals surface area contributed by atoms with Crippen molar-refractivity contribution in [2.75, 3.05) is 0 Å². The molecular formula is C15H20N2O6. The van der Waals surface area contributed by atoms with Crippen LogP contribution in [0.4, 0.5) is 5.82 Å². The van der Waals surface area contributed by atoms with Gasteiger partial charge < -0.3 is 20.0 Å². The van der Waals surface area contributed by atoms with Crippen molar-refractivity contribution in [2.24, 2.45) is 0 Å². The normalized spacial score (nSPS) is 14.0. The maximum absolute atomic E-state index is 12.6. The molecule has 1 rings (SSSR count). The molecule has 0 radical (unpaired) electrons. The second-order valence-corrected chi connectivity index (χ2v) is 6.18. The number of aromatic nitrogens is 1. The highest BCUT2D eigenvalue weighted by Gasteiger charge is 2.51. The maximum atomic E-state index is 12.6. The Balaban J connectivity index is 3.51. The monoisotopic (exact) mass is 324 g/mol. The van der Waals surface area contributed by atoms with Crippen LogP contribution in [0.1, 0.15) is 45.2 Å². The molecule has 0 aromatic carbocycles. The number of esters is 1. The average Bonchev–Trinajstić information content (AvgIpc) is 2.39. The summed E-state index contributed by atoms with van der Waals surface area (Å²) in [5.74, 6) is -2.71. The Kier molecular flexibility index (Phi) is 5.09. The number of hydrogen-bond acceptors (Lipinski definition) is 6. The Morgan fingerprint density at radius 3 is 2.30 bits per heavy atom. The Morgan fingerprint density at radius 2 is 1.96 bits per heavy atom. The minimum absolute atomic E-state index is 0.0718. The third-order valence-electron chi connectivity index (χ3n) is 3.39. The van der Waals surface area contributed by atoms with E-state index in [-0.39, 0.29) is 12.0 Å². The summed E-state index contributed by atoms with van der Waals surface area (Å²) in [5.41, 5.74) is -2.44. The third kappa shape index (κ3) is 3.64. The van der Waals surface area contributed by atoms with Crippen LogP contribution in [-0.4, -0.2) is 32.6 Å². The van der Waals surface area contributed by atoms with Gasteiger partial charge in [0.2, 0.25) is 0 Å². The topological polar surface area (TPSA) is 120 Å². The number of ether oxygens (including phenoxy) is 1. The fourth-order valence-corrected chi connectivity index (χ4v) is 2.25. The summed E-state index contributed by atoms with van der Waals surface area (Å²) in [7, 11) is 0. The van der Waals surface area contributed by atoms with Crippen LogP contribution in [0.15, 0.2) is 12.3 Å². The van der Waals surface area contributed by atoms with E-state index < -0.39 is 33.7 Å². The number of carbonyl (C=O) groups excluding carboxylic acids is 1. The van der Waals surface area contributed by atoms with Crippen LogP contribution in [-0.2, 0) is 19.7 Å². The van der Waals surface area contributed by atoms with Crippen LogP contribution >= 0.6 is 0 Å². The minimum Gasteiger partial charge on any atom is -0.480 e. The minimum atomic E-state index is -1.96. The predicted octanol–water partition coefficient (Wildman–Crippen LogP) is 2.37. The van der Waals surface area contributed by atoms with Gasteiger partial charge in [-0.25, -0.2) is 0 Å². The molecule has 0 saturated heterocycles. The lowest BCUT2D eigenvalue weighted by atomic mass is 9.76. The number of hydrogen-bond donors (Lipinski definition) is 1. The van der Waals surface area contributed by atoms with Gasteiger partial charge in [-0.1, -0.05) is 6.92 Å². The summed E-state index contributed by atoms with van der Waals surface area (Å²) in [6.07, 6.45) is 0.993. The van der Waals surface area contributed by atoms with E-state index in [0.717, 1.165) is 12.3 Å². The number of aliphatic carboxylic acids is 1. The van der Waals surface area contributed by atoms with E-state index in [2.05, 4.69) is 4.98 Å². The number of pyridine rings is 1. The zero-order valence-electron chi connectivity index (χ0n) is 13.7. The fourth-order valence-electron chi connectivity index (χ4n) is 2.25. The molecule has 23 heavy (non-hydrogen) atoms. The van der Waals surface area contributed by atoms with Crippen molar-refractivity contribution < 1.29 is 24.4 Å². The second-order valence-electron chi connectivity index (χ2n) is 6.18. The molecule has 0 fully saturated rings. The van der Waals surface area contributed by atoms with Crippen molar-refractivity contribution in [3.63, 3.8) is 0 Å². The highest BCUT2D eigenvalue weighted by atomic mass is 16.6. The highest BCUT2D eigenvalue weighted by Crippen LogP contribution is 2.34. The molecule has 0 amide bonds. The highest BCUT2D eigenvalue weighted by molar-refractivity contribution is 6.05. The number of carboxylic acid groups (broad SMARTS) is 1. The summed E-state index contributed by atoms with van der Waals surface area (Å²) >= 11 is 0. The largest absolute Gasteiger partial charge is 0.480 e. The SMILES string of the molecule is CCC(C(=O)O)(C(=O)OC(C)(C)C)c1cnc([N+](=O)[O-])cc1C. The molecule has 0 bridgehead atoms. The number of nitro groups is 1. The predicted molar refractivity (Wildman–Crippen MR) is 81.1 cm³/mol. The van der Waals surface area contributed by atoms with E-state index in [1.54, 1.807) is 27.7 Å². The lowest BCUT2D eigenvalue weighted by Gasteiger charge is -2.30. The first-order valence-electron chi connectivity index (χ1n) is 7.04. The van der Waals surface area contributed by atoms with Gasteiger partial charge in [-0.05, 0) is 49.6 Å². The molecule has 1 unspecified atom stereocenters. The van der Waals surface area contributed by atoms with E-state index in [9.17, 15) is 24.8 Å². The molecule has 1 atom stereocenters. The van der Waals surface area contributed by atoms with Gasteiger partial charge in [-0.3, -0.25) is 9.59 Å².